The van der Waals surface area contributed by atoms with Crippen molar-refractivity contribution in [2.45, 2.75) is 12.2 Å². The Bertz CT molecular complexity index is 864. The molecule has 2 atom stereocenters. The molecule has 1 aromatic heterocycles. The van der Waals surface area contributed by atoms with Crippen molar-refractivity contribution >= 4 is 21.8 Å². The van der Waals surface area contributed by atoms with Crippen molar-refractivity contribution in [1.29, 1.82) is 0 Å². The van der Waals surface area contributed by atoms with Gasteiger partial charge in [-0.15, -0.1) is 0 Å². The number of epoxide rings is 2. The lowest BCUT2D eigenvalue weighted by atomic mass is 10.1. The van der Waals surface area contributed by atoms with Gasteiger partial charge in [0.15, 0.2) is 11.5 Å². The summed E-state index contributed by atoms with van der Waals surface area (Å²) in [7, 11) is 0. The Labute approximate surface area is 133 Å². The first-order valence-corrected chi connectivity index (χ1v) is 7.90. The van der Waals surface area contributed by atoms with E-state index >= 15 is 0 Å². The smallest absolute Gasteiger partial charge is 0.163 e. The van der Waals surface area contributed by atoms with Crippen molar-refractivity contribution in [1.82, 2.24) is 4.98 Å². The van der Waals surface area contributed by atoms with Crippen LogP contribution in [0, 0.1) is 0 Å². The van der Waals surface area contributed by atoms with Crippen LogP contribution in [-0.4, -0.2) is 43.6 Å². The number of aromatic amines is 1. The lowest BCUT2D eigenvalue weighted by Gasteiger charge is -2.12. The van der Waals surface area contributed by atoms with Crippen LogP contribution in [0.5, 0.6) is 11.5 Å². The Morgan fingerprint density at radius 3 is 2.22 bits per heavy atom. The van der Waals surface area contributed by atoms with Gasteiger partial charge in [-0.25, -0.2) is 0 Å². The zero-order chi connectivity index (χ0) is 15.2. The molecule has 0 radical (unpaired) electrons. The molecule has 2 saturated heterocycles. The van der Waals surface area contributed by atoms with Crippen molar-refractivity contribution in [3.05, 3.63) is 36.4 Å². The van der Waals surface area contributed by atoms with Crippen LogP contribution in [0.25, 0.3) is 21.8 Å². The van der Waals surface area contributed by atoms with E-state index in [4.69, 9.17) is 18.9 Å². The number of nitrogens with one attached hydrogen (secondary N) is 1. The fraction of sp³-hybridized carbons (Fsp3) is 0.333. The quantitative estimate of drug-likeness (QED) is 0.711. The summed E-state index contributed by atoms with van der Waals surface area (Å²) in [5, 5.41) is 2.33. The first kappa shape index (κ1) is 13.2. The molecule has 3 heterocycles. The molecule has 5 heteroatoms. The third kappa shape index (κ3) is 2.62. The molecule has 0 spiro atoms. The minimum absolute atomic E-state index is 0.216. The molecule has 5 nitrogen and oxygen atoms in total. The second-order valence-electron chi connectivity index (χ2n) is 6.05. The maximum Gasteiger partial charge on any atom is 0.163 e. The molecule has 0 amide bonds. The second-order valence-corrected chi connectivity index (χ2v) is 6.05. The fourth-order valence-electron chi connectivity index (χ4n) is 2.78. The first-order chi connectivity index (χ1) is 11.4. The van der Waals surface area contributed by atoms with Crippen LogP contribution in [0.4, 0.5) is 0 Å². The lowest BCUT2D eigenvalue weighted by molar-refractivity contribution is 0.228. The van der Waals surface area contributed by atoms with Gasteiger partial charge in [0.1, 0.15) is 25.4 Å². The molecule has 1 N–H and O–H groups in total. The van der Waals surface area contributed by atoms with Crippen LogP contribution < -0.4 is 9.47 Å². The number of benzene rings is 2. The van der Waals surface area contributed by atoms with Gasteiger partial charge in [0.25, 0.3) is 0 Å². The molecule has 5 rings (SSSR count). The predicted molar refractivity (Wildman–Crippen MR) is 86.3 cm³/mol. The number of aromatic nitrogens is 1. The van der Waals surface area contributed by atoms with E-state index in [2.05, 4.69) is 23.2 Å². The summed E-state index contributed by atoms with van der Waals surface area (Å²) >= 11 is 0. The Morgan fingerprint density at radius 2 is 1.52 bits per heavy atom. The molecular weight excluding hydrogens is 294 g/mol. The summed E-state index contributed by atoms with van der Waals surface area (Å²) in [6.07, 6.45) is 0.432. The summed E-state index contributed by atoms with van der Waals surface area (Å²) in [5.74, 6) is 1.51. The second kappa shape index (κ2) is 5.15. The normalized spacial score (nSPS) is 22.4. The largest absolute Gasteiger partial charge is 0.487 e. The Hall–Kier alpha value is -2.24. The van der Waals surface area contributed by atoms with E-state index in [9.17, 15) is 0 Å². The highest BCUT2D eigenvalue weighted by molar-refractivity contribution is 6.08. The molecule has 2 aliphatic heterocycles. The summed E-state index contributed by atoms with van der Waals surface area (Å²) in [4.78, 5) is 3.43. The third-order valence-electron chi connectivity index (χ3n) is 4.22. The van der Waals surface area contributed by atoms with Gasteiger partial charge < -0.3 is 23.9 Å². The van der Waals surface area contributed by atoms with Gasteiger partial charge in [-0.3, -0.25) is 0 Å². The Morgan fingerprint density at radius 1 is 0.870 bits per heavy atom. The van der Waals surface area contributed by atoms with Gasteiger partial charge in [-0.05, 0) is 12.1 Å². The van der Waals surface area contributed by atoms with E-state index in [1.807, 2.05) is 18.2 Å². The number of hydrogen-bond acceptors (Lipinski definition) is 4. The van der Waals surface area contributed by atoms with Gasteiger partial charge in [0.2, 0.25) is 0 Å². The van der Waals surface area contributed by atoms with Gasteiger partial charge in [-0.2, -0.15) is 0 Å². The minimum atomic E-state index is 0.216. The maximum atomic E-state index is 5.94. The van der Waals surface area contributed by atoms with Gasteiger partial charge in [-0.1, -0.05) is 18.2 Å². The van der Waals surface area contributed by atoms with E-state index in [0.29, 0.717) is 13.2 Å². The number of H-pyrrole nitrogens is 1. The molecular formula is C18H17NO4. The van der Waals surface area contributed by atoms with Crippen LogP contribution in [0.2, 0.25) is 0 Å². The zero-order valence-corrected chi connectivity index (χ0v) is 12.6. The van der Waals surface area contributed by atoms with Crippen molar-refractivity contribution in [2.24, 2.45) is 0 Å². The number of ether oxygens (including phenoxy) is 4. The monoisotopic (exact) mass is 311 g/mol. The summed E-state index contributed by atoms with van der Waals surface area (Å²) < 4.78 is 22.3. The van der Waals surface area contributed by atoms with Gasteiger partial charge >= 0.3 is 0 Å². The van der Waals surface area contributed by atoms with Crippen LogP contribution in [-0.2, 0) is 9.47 Å². The average Bonchev–Trinajstić information content (AvgIpc) is 3.48. The Kier molecular flexibility index (Phi) is 2.96. The topological polar surface area (TPSA) is 59.3 Å². The summed E-state index contributed by atoms with van der Waals surface area (Å²) in [5.41, 5.74) is 2.16. The zero-order valence-electron chi connectivity index (χ0n) is 12.6. The number of rotatable bonds is 6. The van der Waals surface area contributed by atoms with E-state index in [0.717, 1.165) is 41.1 Å². The number of para-hydroxylation sites is 1. The highest BCUT2D eigenvalue weighted by Crippen LogP contribution is 2.37. The van der Waals surface area contributed by atoms with Crippen molar-refractivity contribution < 1.29 is 18.9 Å². The van der Waals surface area contributed by atoms with Crippen LogP contribution in [0.3, 0.4) is 0 Å². The average molecular weight is 311 g/mol. The van der Waals surface area contributed by atoms with Gasteiger partial charge in [0.05, 0.1) is 18.7 Å². The Balaban J connectivity index is 1.56. The molecule has 0 bridgehead atoms. The molecule has 2 aliphatic rings. The predicted octanol–water partition coefficient (Wildman–Crippen LogP) is 2.88. The van der Waals surface area contributed by atoms with E-state index in [1.54, 1.807) is 0 Å². The molecule has 23 heavy (non-hydrogen) atoms. The van der Waals surface area contributed by atoms with E-state index in [-0.39, 0.29) is 12.2 Å². The minimum Gasteiger partial charge on any atom is -0.487 e. The molecule has 0 aliphatic carbocycles. The maximum absolute atomic E-state index is 5.94. The first-order valence-electron chi connectivity index (χ1n) is 7.90. The molecule has 2 unspecified atom stereocenters. The van der Waals surface area contributed by atoms with Crippen LogP contribution >= 0.6 is 0 Å². The van der Waals surface area contributed by atoms with Crippen LogP contribution in [0.15, 0.2) is 36.4 Å². The number of hydrogen-bond donors (Lipinski definition) is 1. The lowest BCUT2D eigenvalue weighted by Crippen LogP contribution is -2.08. The number of fused-ring (bicyclic) bond motifs is 3. The molecule has 2 aromatic carbocycles. The molecule has 118 valence electrons. The van der Waals surface area contributed by atoms with Crippen molar-refractivity contribution in [3.63, 3.8) is 0 Å². The van der Waals surface area contributed by atoms with Crippen molar-refractivity contribution in [2.75, 3.05) is 26.4 Å². The van der Waals surface area contributed by atoms with Gasteiger partial charge in [0, 0.05) is 22.4 Å². The highest BCUT2D eigenvalue weighted by Gasteiger charge is 2.26. The summed E-state index contributed by atoms with van der Waals surface area (Å²) in [6, 6.07) is 12.3. The molecule has 3 aromatic rings. The van der Waals surface area contributed by atoms with E-state index < -0.39 is 0 Å². The fourth-order valence-corrected chi connectivity index (χ4v) is 2.78. The van der Waals surface area contributed by atoms with E-state index in [1.165, 1.54) is 5.39 Å². The molecule has 0 saturated carbocycles. The standard InChI is InChI=1S/C18H17NO4/c1-2-4-15-13(3-1)14-5-17(22-9-11-7-20-11)18(6-16(14)19-15)23-10-12-8-21-12/h1-6,11-12,19H,7-10H2. The molecule has 2 fully saturated rings. The third-order valence-corrected chi connectivity index (χ3v) is 4.22. The highest BCUT2D eigenvalue weighted by atomic mass is 16.6. The van der Waals surface area contributed by atoms with Crippen molar-refractivity contribution in [3.8, 4) is 11.5 Å². The summed E-state index contributed by atoms with van der Waals surface area (Å²) in [6.45, 7) is 2.67. The SMILES string of the molecule is c1ccc2c(c1)[nH]c1cc(OCC3CO3)c(OCC3CO3)cc12. The van der Waals surface area contributed by atoms with Crippen LogP contribution in [0.1, 0.15) is 0 Å².